The molecule has 1 aliphatic heterocycles. The molecule has 0 atom stereocenters. The topological polar surface area (TPSA) is 88.3 Å². The fourth-order valence-corrected chi connectivity index (χ4v) is 3.44. The van der Waals surface area contributed by atoms with E-state index in [0.717, 1.165) is 49.4 Å². The number of amides is 2. The van der Waals surface area contributed by atoms with Crippen LogP contribution in [0.25, 0.3) is 0 Å². The van der Waals surface area contributed by atoms with Gasteiger partial charge in [0.2, 0.25) is 0 Å². The number of carbonyl (C=O) groups is 2. The van der Waals surface area contributed by atoms with Crippen LogP contribution in [0.1, 0.15) is 38.6 Å². The lowest BCUT2D eigenvalue weighted by Crippen LogP contribution is -2.29. The molecule has 0 radical (unpaired) electrons. The minimum atomic E-state index is -0.276. The van der Waals surface area contributed by atoms with E-state index in [0.29, 0.717) is 11.4 Å². The van der Waals surface area contributed by atoms with Crippen LogP contribution in [0.5, 0.6) is 0 Å². The van der Waals surface area contributed by atoms with Gasteiger partial charge in [0.05, 0.1) is 5.69 Å². The highest BCUT2D eigenvalue weighted by molar-refractivity contribution is 7.09. The number of nitrogens with one attached hydrogen (secondary N) is 1. The van der Waals surface area contributed by atoms with Crippen LogP contribution in [0.3, 0.4) is 0 Å². The summed E-state index contributed by atoms with van der Waals surface area (Å²) in [7, 11) is 0. The van der Waals surface area contributed by atoms with Crippen molar-refractivity contribution in [3.63, 3.8) is 0 Å². The molecule has 0 bridgehead atoms. The van der Waals surface area contributed by atoms with Crippen molar-refractivity contribution in [2.45, 2.75) is 19.3 Å². The van der Waals surface area contributed by atoms with E-state index in [1.54, 1.807) is 4.90 Å². The maximum absolute atomic E-state index is 12.4. The van der Waals surface area contributed by atoms with Crippen molar-refractivity contribution in [3.05, 3.63) is 46.5 Å². The van der Waals surface area contributed by atoms with Crippen LogP contribution >= 0.6 is 11.5 Å². The summed E-state index contributed by atoms with van der Waals surface area (Å²) in [6, 6.07) is 9.92. The van der Waals surface area contributed by atoms with Crippen LogP contribution < -0.4 is 11.1 Å². The molecule has 1 aromatic carbocycles. The molecule has 3 rings (SSSR count). The van der Waals surface area contributed by atoms with Gasteiger partial charge in [0.15, 0.2) is 5.69 Å². The third-order valence-corrected chi connectivity index (χ3v) is 4.93. The summed E-state index contributed by atoms with van der Waals surface area (Å²) < 4.78 is 4.11. The van der Waals surface area contributed by atoms with E-state index < -0.39 is 0 Å². The van der Waals surface area contributed by atoms with Gasteiger partial charge < -0.3 is 16.0 Å². The van der Waals surface area contributed by atoms with E-state index in [9.17, 15) is 9.59 Å². The zero-order chi connectivity index (χ0) is 16.9. The second-order valence-corrected chi connectivity index (χ2v) is 6.54. The summed E-state index contributed by atoms with van der Waals surface area (Å²) in [6.07, 6.45) is 2.75. The van der Waals surface area contributed by atoms with Crippen LogP contribution in [-0.2, 0) is 6.42 Å². The van der Waals surface area contributed by atoms with Gasteiger partial charge in [-0.25, -0.2) is 0 Å². The molecular weight excluding hydrogens is 324 g/mol. The van der Waals surface area contributed by atoms with Crippen molar-refractivity contribution in [2.24, 2.45) is 0 Å². The molecule has 24 heavy (non-hydrogen) atoms. The van der Waals surface area contributed by atoms with Gasteiger partial charge in [0.25, 0.3) is 11.8 Å². The number of rotatable bonds is 5. The van der Waals surface area contributed by atoms with Crippen LogP contribution in [0.15, 0.2) is 30.3 Å². The van der Waals surface area contributed by atoms with Crippen LogP contribution in [0, 0.1) is 0 Å². The molecule has 1 fully saturated rings. The fourth-order valence-electron chi connectivity index (χ4n) is 2.73. The van der Waals surface area contributed by atoms with Crippen molar-refractivity contribution in [1.82, 2.24) is 14.6 Å². The SMILES string of the molecule is Nc1c(C(=O)N2CCCC2)nsc1C(=O)NCCc1ccccc1. The predicted molar refractivity (Wildman–Crippen MR) is 94.1 cm³/mol. The minimum Gasteiger partial charge on any atom is -0.395 e. The Labute approximate surface area is 144 Å². The van der Waals surface area contributed by atoms with Crippen molar-refractivity contribution >= 4 is 29.0 Å². The van der Waals surface area contributed by atoms with Gasteiger partial charge in [-0.15, -0.1) is 0 Å². The van der Waals surface area contributed by atoms with Gasteiger partial charge in [-0.05, 0) is 36.4 Å². The van der Waals surface area contributed by atoms with Gasteiger partial charge in [-0.1, -0.05) is 30.3 Å². The third kappa shape index (κ3) is 3.56. The zero-order valence-corrected chi connectivity index (χ0v) is 14.1. The predicted octanol–water partition coefficient (Wildman–Crippen LogP) is 1.93. The van der Waals surface area contributed by atoms with Gasteiger partial charge in [0.1, 0.15) is 4.88 Å². The molecule has 1 aliphatic rings. The maximum Gasteiger partial charge on any atom is 0.275 e. The Morgan fingerprint density at radius 1 is 1.21 bits per heavy atom. The minimum absolute atomic E-state index is 0.176. The monoisotopic (exact) mass is 344 g/mol. The molecule has 1 saturated heterocycles. The van der Waals surface area contributed by atoms with Crippen LogP contribution in [0.4, 0.5) is 5.69 Å². The lowest BCUT2D eigenvalue weighted by Gasteiger charge is -2.13. The quantitative estimate of drug-likeness (QED) is 0.867. The molecule has 3 N–H and O–H groups in total. The first kappa shape index (κ1) is 16.4. The largest absolute Gasteiger partial charge is 0.395 e. The van der Waals surface area contributed by atoms with E-state index in [2.05, 4.69) is 9.69 Å². The van der Waals surface area contributed by atoms with Crippen molar-refractivity contribution in [1.29, 1.82) is 0 Å². The lowest BCUT2D eigenvalue weighted by molar-refractivity contribution is 0.0789. The number of aromatic nitrogens is 1. The fraction of sp³-hybridized carbons (Fsp3) is 0.353. The molecule has 7 heteroatoms. The number of likely N-dealkylation sites (tertiary alicyclic amines) is 1. The van der Waals surface area contributed by atoms with Crippen molar-refractivity contribution < 1.29 is 9.59 Å². The summed E-state index contributed by atoms with van der Waals surface area (Å²) in [6.45, 7) is 1.97. The standard InChI is InChI=1S/C17H20N4O2S/c18-13-14(17(23)21-10-4-5-11-21)20-24-15(13)16(22)19-9-8-12-6-2-1-3-7-12/h1-3,6-7H,4-5,8-11,18H2,(H,19,22). The third-order valence-electron chi connectivity index (χ3n) is 4.07. The zero-order valence-electron chi connectivity index (χ0n) is 13.3. The molecule has 1 aromatic heterocycles. The van der Waals surface area contributed by atoms with Gasteiger partial charge >= 0.3 is 0 Å². The maximum atomic E-state index is 12.4. The Hall–Kier alpha value is -2.41. The summed E-state index contributed by atoms with van der Waals surface area (Å²) >= 11 is 0.983. The Morgan fingerprint density at radius 2 is 1.92 bits per heavy atom. The molecule has 2 heterocycles. The van der Waals surface area contributed by atoms with Crippen LogP contribution in [0.2, 0.25) is 0 Å². The average Bonchev–Trinajstić information content (AvgIpc) is 3.25. The molecule has 2 aromatic rings. The van der Waals surface area contributed by atoms with Crippen molar-refractivity contribution in [3.8, 4) is 0 Å². The van der Waals surface area contributed by atoms with Gasteiger partial charge in [-0.2, -0.15) is 4.37 Å². The highest BCUT2D eigenvalue weighted by Gasteiger charge is 2.27. The van der Waals surface area contributed by atoms with E-state index in [-0.39, 0.29) is 23.2 Å². The first-order valence-electron chi connectivity index (χ1n) is 8.03. The second kappa shape index (κ2) is 7.44. The number of nitrogens with zero attached hydrogens (tertiary/aromatic N) is 2. The van der Waals surface area contributed by atoms with E-state index in [1.165, 1.54) is 0 Å². The summed E-state index contributed by atoms with van der Waals surface area (Å²) in [5, 5.41) is 2.84. The van der Waals surface area contributed by atoms with Gasteiger partial charge in [-0.3, -0.25) is 9.59 Å². The van der Waals surface area contributed by atoms with E-state index in [4.69, 9.17) is 5.73 Å². The van der Waals surface area contributed by atoms with E-state index in [1.807, 2.05) is 30.3 Å². The smallest absolute Gasteiger partial charge is 0.275 e. The number of nitrogen functional groups attached to an aromatic ring is 1. The molecule has 6 nitrogen and oxygen atoms in total. The highest BCUT2D eigenvalue weighted by Crippen LogP contribution is 2.24. The van der Waals surface area contributed by atoms with Crippen LogP contribution in [-0.4, -0.2) is 40.7 Å². The molecule has 126 valence electrons. The number of hydrogen-bond donors (Lipinski definition) is 2. The number of anilines is 1. The van der Waals surface area contributed by atoms with Crippen molar-refractivity contribution in [2.75, 3.05) is 25.4 Å². The second-order valence-electron chi connectivity index (χ2n) is 5.76. The number of carbonyl (C=O) groups excluding carboxylic acids is 2. The van der Waals surface area contributed by atoms with Gasteiger partial charge in [0, 0.05) is 19.6 Å². The molecule has 0 unspecified atom stereocenters. The average molecular weight is 344 g/mol. The molecule has 0 aliphatic carbocycles. The summed E-state index contributed by atoms with van der Waals surface area (Å²) in [5.74, 6) is -0.453. The number of nitrogens with two attached hydrogens (primary N) is 1. The summed E-state index contributed by atoms with van der Waals surface area (Å²) in [5.41, 5.74) is 7.54. The Balaban J connectivity index is 1.60. The Morgan fingerprint density at radius 3 is 2.62 bits per heavy atom. The Bertz CT molecular complexity index is 723. The van der Waals surface area contributed by atoms with E-state index >= 15 is 0 Å². The number of benzene rings is 1. The molecule has 2 amide bonds. The lowest BCUT2D eigenvalue weighted by atomic mass is 10.1. The molecule has 0 spiro atoms. The normalized spacial score (nSPS) is 13.9. The molecular formula is C17H20N4O2S. The first-order chi connectivity index (χ1) is 11.7. The number of hydrogen-bond acceptors (Lipinski definition) is 5. The molecule has 0 saturated carbocycles. The first-order valence-corrected chi connectivity index (χ1v) is 8.80. The summed E-state index contributed by atoms with van der Waals surface area (Å²) in [4.78, 5) is 26.7. The highest BCUT2D eigenvalue weighted by atomic mass is 32.1. The Kier molecular flexibility index (Phi) is 5.10.